The maximum Gasteiger partial charge on any atom is 0.408 e. The van der Waals surface area contributed by atoms with E-state index >= 15 is 0 Å². The minimum Gasteiger partial charge on any atom is -0.444 e. The Morgan fingerprint density at radius 2 is 1.96 bits per heavy atom. The predicted octanol–water partition coefficient (Wildman–Crippen LogP) is 2.19. The van der Waals surface area contributed by atoms with Gasteiger partial charge in [-0.15, -0.1) is 0 Å². The van der Waals surface area contributed by atoms with Crippen LogP contribution in [0.15, 0.2) is 30.3 Å². The van der Waals surface area contributed by atoms with E-state index in [-0.39, 0.29) is 30.6 Å². The third-order valence-electron chi connectivity index (χ3n) is 4.12. The van der Waals surface area contributed by atoms with Gasteiger partial charge in [0.25, 0.3) is 0 Å². The fraction of sp³-hybridized carbons (Fsp3) is 0.550. The van der Waals surface area contributed by atoms with Gasteiger partial charge in [0.05, 0.1) is 12.6 Å². The molecule has 1 aromatic rings. The lowest BCUT2D eigenvalue weighted by Crippen LogP contribution is -2.46. The van der Waals surface area contributed by atoms with Crippen LogP contribution in [0.4, 0.5) is 4.79 Å². The van der Waals surface area contributed by atoms with Crippen LogP contribution in [0.25, 0.3) is 0 Å². The molecule has 7 heteroatoms. The molecule has 1 aliphatic heterocycles. The molecule has 0 saturated carbocycles. The molecular weight excluding hydrogens is 348 g/mol. The van der Waals surface area contributed by atoms with Crippen molar-refractivity contribution in [2.45, 2.75) is 51.9 Å². The van der Waals surface area contributed by atoms with Crippen LogP contribution in [0.1, 0.15) is 39.2 Å². The molecule has 2 rings (SSSR count). The Balaban J connectivity index is 1.93. The summed E-state index contributed by atoms with van der Waals surface area (Å²) in [5.74, 6) is -0.677. The van der Waals surface area contributed by atoms with E-state index in [9.17, 15) is 14.4 Å². The third-order valence-corrected chi connectivity index (χ3v) is 4.12. The Hall–Kier alpha value is -2.41. The maximum absolute atomic E-state index is 12.6. The molecule has 0 aromatic heterocycles. The Labute approximate surface area is 159 Å². The van der Waals surface area contributed by atoms with E-state index in [1.54, 1.807) is 20.8 Å². The number of ether oxygens (including phenoxy) is 2. The van der Waals surface area contributed by atoms with Crippen LogP contribution in [0, 0.1) is 5.92 Å². The van der Waals surface area contributed by atoms with Gasteiger partial charge in [0, 0.05) is 12.5 Å². The van der Waals surface area contributed by atoms with Gasteiger partial charge < -0.3 is 20.1 Å². The van der Waals surface area contributed by atoms with Gasteiger partial charge in [0.1, 0.15) is 12.2 Å². The van der Waals surface area contributed by atoms with E-state index in [1.807, 2.05) is 30.3 Å². The average molecular weight is 376 g/mol. The van der Waals surface area contributed by atoms with Crippen molar-refractivity contribution in [2.75, 3.05) is 13.2 Å². The highest BCUT2D eigenvalue weighted by Crippen LogP contribution is 2.17. The fourth-order valence-electron chi connectivity index (χ4n) is 2.82. The second-order valence-electron chi connectivity index (χ2n) is 7.66. The number of benzene rings is 1. The molecule has 1 fully saturated rings. The van der Waals surface area contributed by atoms with E-state index in [0.29, 0.717) is 19.6 Å². The molecule has 0 unspecified atom stereocenters. The first-order valence-electron chi connectivity index (χ1n) is 9.16. The molecule has 0 aliphatic carbocycles. The largest absolute Gasteiger partial charge is 0.444 e. The lowest BCUT2D eigenvalue weighted by Gasteiger charge is -2.24. The number of carbonyl (C=O) groups is 3. The summed E-state index contributed by atoms with van der Waals surface area (Å²) in [6.07, 6.45) is 0.199. The third kappa shape index (κ3) is 7.38. The number of rotatable bonds is 8. The normalized spacial score (nSPS) is 17.9. The number of hydrogen-bond donors (Lipinski definition) is 2. The molecular formula is C20H28N2O5. The van der Waals surface area contributed by atoms with E-state index in [4.69, 9.17) is 9.47 Å². The second-order valence-corrected chi connectivity index (χ2v) is 7.66. The molecule has 0 radical (unpaired) electrons. The highest BCUT2D eigenvalue weighted by molar-refractivity contribution is 5.89. The summed E-state index contributed by atoms with van der Waals surface area (Å²) in [4.78, 5) is 36.5. The molecule has 148 valence electrons. The first-order valence-corrected chi connectivity index (χ1v) is 9.16. The van der Waals surface area contributed by atoms with Gasteiger partial charge in [-0.2, -0.15) is 0 Å². The summed E-state index contributed by atoms with van der Waals surface area (Å²) < 4.78 is 10.7. The quantitative estimate of drug-likeness (QED) is 0.725. The summed E-state index contributed by atoms with van der Waals surface area (Å²) in [5.41, 5.74) is 0.281. The molecule has 2 amide bonds. The van der Waals surface area contributed by atoms with Crippen LogP contribution >= 0.6 is 0 Å². The van der Waals surface area contributed by atoms with Gasteiger partial charge in [-0.05, 0) is 39.2 Å². The first kappa shape index (κ1) is 20.9. The summed E-state index contributed by atoms with van der Waals surface area (Å²) >= 11 is 0. The zero-order chi connectivity index (χ0) is 19.9. The molecule has 0 bridgehead atoms. The van der Waals surface area contributed by atoms with Crippen LogP contribution < -0.4 is 10.6 Å². The van der Waals surface area contributed by atoms with Gasteiger partial charge in [-0.3, -0.25) is 9.59 Å². The highest BCUT2D eigenvalue weighted by Gasteiger charge is 2.32. The van der Waals surface area contributed by atoms with Crippen molar-refractivity contribution >= 4 is 17.8 Å². The molecule has 1 aromatic carbocycles. The van der Waals surface area contributed by atoms with Crippen LogP contribution in [0.3, 0.4) is 0 Å². The topological polar surface area (TPSA) is 93.7 Å². The van der Waals surface area contributed by atoms with Crippen LogP contribution in [-0.4, -0.2) is 42.6 Å². The number of hydrogen-bond acceptors (Lipinski definition) is 5. The molecule has 1 saturated heterocycles. The first-order chi connectivity index (χ1) is 12.7. The monoisotopic (exact) mass is 376 g/mol. The van der Waals surface area contributed by atoms with Crippen molar-refractivity contribution in [1.82, 2.24) is 10.6 Å². The molecule has 1 aliphatic rings. The zero-order valence-corrected chi connectivity index (χ0v) is 16.1. The summed E-state index contributed by atoms with van der Waals surface area (Å²) in [6, 6.07) is 8.68. The number of alkyl carbamates (subject to hydrolysis) is 1. The molecule has 7 nitrogen and oxygen atoms in total. The Morgan fingerprint density at radius 1 is 1.26 bits per heavy atom. The van der Waals surface area contributed by atoms with Gasteiger partial charge in [-0.1, -0.05) is 30.3 Å². The van der Waals surface area contributed by atoms with Gasteiger partial charge >= 0.3 is 6.09 Å². The van der Waals surface area contributed by atoms with Crippen molar-refractivity contribution < 1.29 is 23.9 Å². The van der Waals surface area contributed by atoms with Gasteiger partial charge in [-0.25, -0.2) is 4.79 Å². The second kappa shape index (κ2) is 9.50. The van der Waals surface area contributed by atoms with Crippen molar-refractivity contribution in [3.05, 3.63) is 35.9 Å². The molecule has 27 heavy (non-hydrogen) atoms. The minimum absolute atomic E-state index is 0.0935. The number of amides is 2. The maximum atomic E-state index is 12.6. The van der Waals surface area contributed by atoms with Crippen molar-refractivity contribution in [3.8, 4) is 0 Å². The molecule has 2 N–H and O–H groups in total. The minimum atomic E-state index is -0.829. The average Bonchev–Trinajstić information content (AvgIpc) is 2.98. The van der Waals surface area contributed by atoms with E-state index in [0.717, 1.165) is 5.56 Å². The van der Waals surface area contributed by atoms with Crippen molar-refractivity contribution in [3.63, 3.8) is 0 Å². The van der Waals surface area contributed by atoms with Gasteiger partial charge in [0.15, 0.2) is 5.78 Å². The van der Waals surface area contributed by atoms with E-state index in [1.165, 1.54) is 0 Å². The van der Waals surface area contributed by atoms with Crippen molar-refractivity contribution in [1.29, 1.82) is 0 Å². The Kier molecular flexibility index (Phi) is 7.36. The number of Topliss-reactive ketones (excluding diaryl/α,β-unsaturated/α-hetero) is 1. The SMILES string of the molecule is CC(C)(C)OC(=O)N[C@@H](C[C@@H]1CCNC1=O)C(=O)COCc1ccccc1. The molecule has 1 heterocycles. The number of ketones is 1. The molecule has 2 atom stereocenters. The highest BCUT2D eigenvalue weighted by atomic mass is 16.6. The fourth-order valence-corrected chi connectivity index (χ4v) is 2.82. The summed E-state index contributed by atoms with van der Waals surface area (Å²) in [7, 11) is 0. The lowest BCUT2D eigenvalue weighted by molar-refractivity contribution is -0.127. The van der Waals surface area contributed by atoms with E-state index < -0.39 is 17.7 Å². The van der Waals surface area contributed by atoms with Crippen LogP contribution in [0.5, 0.6) is 0 Å². The van der Waals surface area contributed by atoms with E-state index in [2.05, 4.69) is 10.6 Å². The smallest absolute Gasteiger partial charge is 0.408 e. The number of nitrogens with one attached hydrogen (secondary N) is 2. The zero-order valence-electron chi connectivity index (χ0n) is 16.1. The van der Waals surface area contributed by atoms with Crippen LogP contribution in [-0.2, 0) is 25.7 Å². The predicted molar refractivity (Wildman–Crippen MR) is 100.0 cm³/mol. The van der Waals surface area contributed by atoms with Gasteiger partial charge in [0.2, 0.25) is 5.91 Å². The summed E-state index contributed by atoms with van der Waals surface area (Å²) in [6.45, 7) is 5.98. The van der Waals surface area contributed by atoms with Crippen molar-refractivity contribution in [2.24, 2.45) is 5.92 Å². The Morgan fingerprint density at radius 3 is 2.56 bits per heavy atom. The standard InChI is InChI=1S/C20H28N2O5/c1-20(2,3)27-19(25)22-16(11-15-9-10-21-18(15)24)17(23)13-26-12-14-7-5-4-6-8-14/h4-8,15-16H,9-13H2,1-3H3,(H,21,24)(H,22,25)/t15-,16-/m0/s1. The van der Waals surface area contributed by atoms with Crippen LogP contribution in [0.2, 0.25) is 0 Å². The molecule has 0 spiro atoms. The lowest BCUT2D eigenvalue weighted by atomic mass is 9.96. The Bertz CT molecular complexity index is 654. The summed E-state index contributed by atoms with van der Waals surface area (Å²) in [5, 5.41) is 5.34. The number of carbonyl (C=O) groups excluding carboxylic acids is 3.